The van der Waals surface area contributed by atoms with Crippen LogP contribution in [0.5, 0.6) is 0 Å². The molecule has 1 aromatic carbocycles. The maximum atomic E-state index is 12.6. The number of nitrogens with one attached hydrogen (secondary N) is 2. The number of amides is 2. The predicted molar refractivity (Wildman–Crippen MR) is 74.0 cm³/mol. The second-order valence-corrected chi connectivity index (χ2v) is 5.21. The van der Waals surface area contributed by atoms with Gasteiger partial charge in [-0.15, -0.1) is 0 Å². The number of carbonyl (C=O) groups is 1. The first-order valence-electron chi connectivity index (χ1n) is 6.55. The summed E-state index contributed by atoms with van der Waals surface area (Å²) in [7, 11) is 0. The maximum Gasteiger partial charge on any atom is 0.416 e. The molecule has 4 nitrogen and oxygen atoms in total. The number of carbonyl (C=O) groups excluding carboxylic acids is 1. The smallest absolute Gasteiger partial charge is 0.305 e. The van der Waals surface area contributed by atoms with Crippen LogP contribution in [0.4, 0.5) is 23.7 Å². The molecule has 8 heteroatoms. The van der Waals surface area contributed by atoms with Gasteiger partial charge in [-0.25, -0.2) is 9.80 Å². The Bertz CT molecular complexity index is 516. The highest BCUT2D eigenvalue weighted by molar-refractivity contribution is 6.33. The SMILES string of the molecule is O=C(Nc1cc(C(F)(F)F)ccc1Cl)NN1CCCCC1. The lowest BCUT2D eigenvalue weighted by molar-refractivity contribution is -0.137. The van der Waals surface area contributed by atoms with E-state index in [-0.39, 0.29) is 10.7 Å². The number of piperidine rings is 1. The number of hydrazine groups is 1. The molecule has 1 fully saturated rings. The molecule has 0 saturated carbocycles. The molecule has 1 aliphatic rings. The van der Waals surface area contributed by atoms with Gasteiger partial charge in [-0.1, -0.05) is 18.0 Å². The third-order valence-corrected chi connectivity index (χ3v) is 3.49. The van der Waals surface area contributed by atoms with Crippen molar-refractivity contribution in [1.29, 1.82) is 0 Å². The number of nitrogens with zero attached hydrogens (tertiary/aromatic N) is 1. The molecule has 0 aliphatic carbocycles. The van der Waals surface area contributed by atoms with Gasteiger partial charge >= 0.3 is 12.2 Å². The van der Waals surface area contributed by atoms with Crippen LogP contribution in [-0.4, -0.2) is 24.1 Å². The van der Waals surface area contributed by atoms with Gasteiger partial charge in [-0.2, -0.15) is 13.2 Å². The Morgan fingerprint density at radius 3 is 2.48 bits per heavy atom. The number of halogens is 4. The van der Waals surface area contributed by atoms with Crippen molar-refractivity contribution in [3.63, 3.8) is 0 Å². The lowest BCUT2D eigenvalue weighted by Gasteiger charge is -2.26. The maximum absolute atomic E-state index is 12.6. The van der Waals surface area contributed by atoms with Crippen LogP contribution in [-0.2, 0) is 6.18 Å². The molecule has 116 valence electrons. The van der Waals surface area contributed by atoms with E-state index in [9.17, 15) is 18.0 Å². The topological polar surface area (TPSA) is 44.4 Å². The van der Waals surface area contributed by atoms with E-state index in [1.54, 1.807) is 5.01 Å². The van der Waals surface area contributed by atoms with Crippen LogP contribution in [0.3, 0.4) is 0 Å². The van der Waals surface area contributed by atoms with Crippen molar-refractivity contribution >= 4 is 23.3 Å². The van der Waals surface area contributed by atoms with Crippen molar-refractivity contribution < 1.29 is 18.0 Å². The van der Waals surface area contributed by atoms with Gasteiger partial charge in [0.1, 0.15) is 0 Å². The van der Waals surface area contributed by atoms with E-state index in [0.29, 0.717) is 0 Å². The first-order chi connectivity index (χ1) is 9.86. The Balaban J connectivity index is 2.02. The van der Waals surface area contributed by atoms with Crippen LogP contribution in [0.25, 0.3) is 0 Å². The number of urea groups is 1. The number of hydrogen-bond acceptors (Lipinski definition) is 2. The van der Waals surface area contributed by atoms with Crippen LogP contribution in [0.1, 0.15) is 24.8 Å². The van der Waals surface area contributed by atoms with E-state index in [2.05, 4.69) is 10.7 Å². The van der Waals surface area contributed by atoms with Gasteiger partial charge in [0, 0.05) is 13.1 Å². The van der Waals surface area contributed by atoms with Crippen molar-refractivity contribution in [2.24, 2.45) is 0 Å². The number of anilines is 1. The second-order valence-electron chi connectivity index (χ2n) is 4.81. The van der Waals surface area contributed by atoms with E-state index in [1.807, 2.05) is 0 Å². The van der Waals surface area contributed by atoms with E-state index >= 15 is 0 Å². The number of alkyl halides is 3. The Morgan fingerprint density at radius 1 is 1.19 bits per heavy atom. The molecule has 2 N–H and O–H groups in total. The molecule has 2 rings (SSSR count). The number of rotatable bonds is 2. The summed E-state index contributed by atoms with van der Waals surface area (Å²) >= 11 is 5.81. The fourth-order valence-electron chi connectivity index (χ4n) is 2.10. The molecule has 0 atom stereocenters. The van der Waals surface area contributed by atoms with Crippen molar-refractivity contribution in [3.8, 4) is 0 Å². The minimum atomic E-state index is -4.48. The summed E-state index contributed by atoms with van der Waals surface area (Å²) in [4.78, 5) is 11.8. The second kappa shape index (κ2) is 6.53. The third kappa shape index (κ3) is 4.50. The largest absolute Gasteiger partial charge is 0.416 e. The summed E-state index contributed by atoms with van der Waals surface area (Å²) in [6.07, 6.45) is -1.42. The molecule has 1 aliphatic heterocycles. The van der Waals surface area contributed by atoms with Gasteiger partial charge in [-0.05, 0) is 31.0 Å². The Labute approximate surface area is 125 Å². The minimum absolute atomic E-state index is 0.0526. The van der Waals surface area contributed by atoms with Crippen LogP contribution < -0.4 is 10.7 Å². The Hall–Kier alpha value is -1.47. The van der Waals surface area contributed by atoms with Crippen molar-refractivity contribution in [2.75, 3.05) is 18.4 Å². The minimum Gasteiger partial charge on any atom is -0.305 e. The zero-order valence-corrected chi connectivity index (χ0v) is 11.9. The zero-order valence-electron chi connectivity index (χ0n) is 11.1. The van der Waals surface area contributed by atoms with E-state index < -0.39 is 17.8 Å². The van der Waals surface area contributed by atoms with Crippen LogP contribution in [0, 0.1) is 0 Å². The van der Waals surface area contributed by atoms with Crippen LogP contribution in [0.2, 0.25) is 5.02 Å². The molecule has 0 aromatic heterocycles. The molecular formula is C13H15ClF3N3O. The normalized spacial score (nSPS) is 16.6. The van der Waals surface area contributed by atoms with E-state index in [0.717, 1.165) is 50.6 Å². The molecule has 0 radical (unpaired) electrons. The van der Waals surface area contributed by atoms with E-state index in [4.69, 9.17) is 11.6 Å². The summed E-state index contributed by atoms with van der Waals surface area (Å²) < 4.78 is 37.9. The monoisotopic (exact) mass is 321 g/mol. The molecule has 0 unspecified atom stereocenters. The molecule has 1 aromatic rings. The Kier molecular flexibility index (Phi) is 4.95. The summed E-state index contributed by atoms with van der Waals surface area (Å²) in [5.74, 6) is 0. The van der Waals surface area contributed by atoms with Gasteiger partial charge in [0.2, 0.25) is 0 Å². The third-order valence-electron chi connectivity index (χ3n) is 3.16. The molecule has 0 spiro atoms. The van der Waals surface area contributed by atoms with Crippen molar-refractivity contribution in [3.05, 3.63) is 28.8 Å². The van der Waals surface area contributed by atoms with E-state index in [1.165, 1.54) is 0 Å². The average molecular weight is 322 g/mol. The highest BCUT2D eigenvalue weighted by Crippen LogP contribution is 2.33. The molecule has 0 bridgehead atoms. The summed E-state index contributed by atoms with van der Waals surface area (Å²) in [6, 6.07) is 2.20. The Morgan fingerprint density at radius 2 is 1.86 bits per heavy atom. The quantitative estimate of drug-likeness (QED) is 0.868. The van der Waals surface area contributed by atoms with Crippen molar-refractivity contribution in [1.82, 2.24) is 10.4 Å². The highest BCUT2D eigenvalue weighted by Gasteiger charge is 2.31. The lowest BCUT2D eigenvalue weighted by atomic mass is 10.2. The molecular weight excluding hydrogens is 307 g/mol. The van der Waals surface area contributed by atoms with Gasteiger partial charge in [-0.3, -0.25) is 5.43 Å². The number of hydrogen-bond donors (Lipinski definition) is 2. The fourth-order valence-corrected chi connectivity index (χ4v) is 2.26. The average Bonchev–Trinajstić information content (AvgIpc) is 2.41. The zero-order chi connectivity index (χ0) is 15.5. The predicted octanol–water partition coefficient (Wildman–Crippen LogP) is 3.88. The number of benzene rings is 1. The summed E-state index contributed by atoms with van der Waals surface area (Å²) in [5, 5.41) is 4.14. The van der Waals surface area contributed by atoms with Crippen LogP contribution >= 0.6 is 11.6 Å². The first-order valence-corrected chi connectivity index (χ1v) is 6.93. The van der Waals surface area contributed by atoms with Gasteiger partial charge in [0.15, 0.2) is 0 Å². The fraction of sp³-hybridized carbons (Fsp3) is 0.462. The lowest BCUT2D eigenvalue weighted by Crippen LogP contribution is -2.46. The first kappa shape index (κ1) is 15.9. The summed E-state index contributed by atoms with van der Waals surface area (Å²) in [5.41, 5.74) is 1.67. The van der Waals surface area contributed by atoms with Crippen molar-refractivity contribution in [2.45, 2.75) is 25.4 Å². The summed E-state index contributed by atoms with van der Waals surface area (Å²) in [6.45, 7) is 1.45. The highest BCUT2D eigenvalue weighted by atomic mass is 35.5. The molecule has 2 amide bonds. The molecule has 1 heterocycles. The van der Waals surface area contributed by atoms with Crippen LogP contribution in [0.15, 0.2) is 18.2 Å². The standard InChI is InChI=1S/C13H15ClF3N3O/c14-10-5-4-9(13(15,16)17)8-11(10)18-12(21)19-20-6-2-1-3-7-20/h4-5,8H,1-3,6-7H2,(H2,18,19,21). The van der Waals surface area contributed by atoms with Gasteiger partial charge in [0.05, 0.1) is 16.3 Å². The van der Waals surface area contributed by atoms with Gasteiger partial charge < -0.3 is 5.32 Å². The molecule has 21 heavy (non-hydrogen) atoms. The van der Waals surface area contributed by atoms with Gasteiger partial charge in [0.25, 0.3) is 0 Å². The molecule has 1 saturated heterocycles.